The zero-order valence-corrected chi connectivity index (χ0v) is 13.4. The van der Waals surface area contributed by atoms with Crippen molar-refractivity contribution in [2.24, 2.45) is 5.18 Å². The van der Waals surface area contributed by atoms with Crippen molar-refractivity contribution in [2.75, 3.05) is 13.7 Å². The summed E-state index contributed by atoms with van der Waals surface area (Å²) in [5.41, 5.74) is 0.550. The number of hydrogen-bond acceptors (Lipinski definition) is 8. The van der Waals surface area contributed by atoms with Crippen LogP contribution in [0.5, 0.6) is 0 Å². The van der Waals surface area contributed by atoms with Crippen molar-refractivity contribution >= 4 is 17.6 Å². The number of hydrogen-bond donors (Lipinski definition) is 0. The third-order valence-corrected chi connectivity index (χ3v) is 3.28. The molecule has 0 radical (unpaired) electrons. The van der Waals surface area contributed by atoms with Crippen LogP contribution in [0.25, 0.3) is 11.1 Å². The number of nitroso groups, excluding NO2 is 1. The van der Waals surface area contributed by atoms with E-state index in [-0.39, 0.29) is 40.4 Å². The Morgan fingerprint density at radius 3 is 2.50 bits per heavy atom. The van der Waals surface area contributed by atoms with E-state index in [1.54, 1.807) is 32.0 Å². The van der Waals surface area contributed by atoms with Crippen molar-refractivity contribution in [3.05, 3.63) is 46.1 Å². The van der Waals surface area contributed by atoms with Gasteiger partial charge in [-0.05, 0) is 25.1 Å². The minimum absolute atomic E-state index is 0.0339. The Kier molecular flexibility index (Phi) is 5.31. The molecule has 0 unspecified atom stereocenters. The number of aryl methyl sites for hydroxylation is 1. The smallest absolute Gasteiger partial charge is 0.359 e. The molecule has 0 bridgehead atoms. The standard InChI is InChI=1S/C16H15N3O5/c1-4-24-16(21)14-13(10-7-5-6-8-11(10)19-22)12(15(20)23-3)9(2)17-18-14/h5-8H,4H2,1-3H3. The Balaban J connectivity index is 2.87. The molecule has 2 aromatic rings. The first-order valence-electron chi connectivity index (χ1n) is 7.10. The lowest BCUT2D eigenvalue weighted by atomic mass is 9.96. The predicted molar refractivity (Wildman–Crippen MR) is 85.0 cm³/mol. The van der Waals surface area contributed by atoms with E-state index in [0.717, 1.165) is 0 Å². The van der Waals surface area contributed by atoms with Crippen LogP contribution in [-0.2, 0) is 9.47 Å². The van der Waals surface area contributed by atoms with E-state index in [4.69, 9.17) is 9.47 Å². The normalized spacial score (nSPS) is 10.1. The van der Waals surface area contributed by atoms with E-state index < -0.39 is 11.9 Å². The van der Waals surface area contributed by atoms with Crippen molar-refractivity contribution < 1.29 is 19.1 Å². The summed E-state index contributed by atoms with van der Waals surface area (Å²) in [6.45, 7) is 3.31. The Morgan fingerprint density at radius 2 is 1.88 bits per heavy atom. The fourth-order valence-corrected chi connectivity index (χ4v) is 2.25. The number of carbonyl (C=O) groups excluding carboxylic acids is 2. The average Bonchev–Trinajstić information content (AvgIpc) is 2.60. The summed E-state index contributed by atoms with van der Waals surface area (Å²) in [5.74, 6) is -1.46. The molecule has 0 N–H and O–H groups in total. The minimum Gasteiger partial charge on any atom is -0.465 e. The lowest BCUT2D eigenvalue weighted by Gasteiger charge is -2.14. The summed E-state index contributed by atoms with van der Waals surface area (Å²) >= 11 is 0. The summed E-state index contributed by atoms with van der Waals surface area (Å²) in [7, 11) is 1.21. The molecular formula is C16H15N3O5. The van der Waals surface area contributed by atoms with Gasteiger partial charge in [-0.2, -0.15) is 5.10 Å². The topological polar surface area (TPSA) is 108 Å². The van der Waals surface area contributed by atoms with E-state index >= 15 is 0 Å². The van der Waals surface area contributed by atoms with Crippen molar-refractivity contribution in [1.29, 1.82) is 0 Å². The highest BCUT2D eigenvalue weighted by Gasteiger charge is 2.28. The zero-order chi connectivity index (χ0) is 17.7. The Labute approximate surface area is 137 Å². The van der Waals surface area contributed by atoms with E-state index in [1.165, 1.54) is 13.2 Å². The van der Waals surface area contributed by atoms with Crippen LogP contribution >= 0.6 is 0 Å². The van der Waals surface area contributed by atoms with Gasteiger partial charge in [0.2, 0.25) is 0 Å². The predicted octanol–water partition coefficient (Wildman–Crippen LogP) is 2.81. The maximum Gasteiger partial charge on any atom is 0.359 e. The van der Waals surface area contributed by atoms with Crippen molar-refractivity contribution in [3.8, 4) is 11.1 Å². The number of methoxy groups -OCH3 is 1. The first kappa shape index (κ1) is 17.2. The van der Waals surface area contributed by atoms with E-state index in [9.17, 15) is 14.5 Å². The molecule has 0 aliphatic carbocycles. The van der Waals surface area contributed by atoms with Crippen LogP contribution in [-0.4, -0.2) is 35.9 Å². The van der Waals surface area contributed by atoms with Gasteiger partial charge < -0.3 is 9.47 Å². The number of carbonyl (C=O) groups is 2. The molecule has 0 saturated carbocycles. The van der Waals surface area contributed by atoms with Crippen molar-refractivity contribution in [2.45, 2.75) is 13.8 Å². The third kappa shape index (κ3) is 3.12. The first-order valence-corrected chi connectivity index (χ1v) is 7.10. The summed E-state index contributed by atoms with van der Waals surface area (Å²) in [4.78, 5) is 35.6. The lowest BCUT2D eigenvalue weighted by Crippen LogP contribution is -2.17. The molecule has 0 saturated heterocycles. The van der Waals surface area contributed by atoms with Crippen LogP contribution in [0, 0.1) is 11.8 Å². The molecule has 1 heterocycles. The van der Waals surface area contributed by atoms with Crippen LogP contribution in [0.4, 0.5) is 5.69 Å². The molecule has 0 spiro atoms. The molecule has 0 aliphatic heterocycles. The number of benzene rings is 1. The SMILES string of the molecule is CCOC(=O)c1nnc(C)c(C(=O)OC)c1-c1ccccc1N=O. The highest BCUT2D eigenvalue weighted by Crippen LogP contribution is 2.35. The molecule has 0 fully saturated rings. The number of esters is 2. The van der Waals surface area contributed by atoms with Gasteiger partial charge in [0.25, 0.3) is 0 Å². The number of rotatable bonds is 5. The molecule has 1 aromatic carbocycles. The van der Waals surface area contributed by atoms with Crippen molar-refractivity contribution in [1.82, 2.24) is 10.2 Å². The maximum atomic E-state index is 12.2. The van der Waals surface area contributed by atoms with E-state index in [0.29, 0.717) is 0 Å². The molecule has 0 atom stereocenters. The largest absolute Gasteiger partial charge is 0.465 e. The average molecular weight is 329 g/mol. The molecule has 1 aromatic heterocycles. The molecule has 8 heteroatoms. The quantitative estimate of drug-likeness (QED) is 0.613. The highest BCUT2D eigenvalue weighted by atomic mass is 16.5. The fourth-order valence-electron chi connectivity index (χ4n) is 2.25. The van der Waals surface area contributed by atoms with Gasteiger partial charge in [-0.15, -0.1) is 10.0 Å². The summed E-state index contributed by atoms with van der Waals surface area (Å²) < 4.78 is 9.75. The van der Waals surface area contributed by atoms with Gasteiger partial charge in [-0.3, -0.25) is 0 Å². The van der Waals surface area contributed by atoms with E-state index in [2.05, 4.69) is 15.4 Å². The summed E-state index contributed by atoms with van der Waals surface area (Å²) in [6, 6.07) is 6.29. The summed E-state index contributed by atoms with van der Waals surface area (Å²) in [6.07, 6.45) is 0. The molecule has 24 heavy (non-hydrogen) atoms. The van der Waals surface area contributed by atoms with Crippen LogP contribution < -0.4 is 0 Å². The van der Waals surface area contributed by atoms with Crippen LogP contribution in [0.3, 0.4) is 0 Å². The van der Waals surface area contributed by atoms with Gasteiger partial charge in [0.1, 0.15) is 5.69 Å². The Bertz CT molecular complexity index is 804. The van der Waals surface area contributed by atoms with Crippen molar-refractivity contribution in [3.63, 3.8) is 0 Å². The van der Waals surface area contributed by atoms with Gasteiger partial charge >= 0.3 is 11.9 Å². The van der Waals surface area contributed by atoms with Gasteiger partial charge in [-0.25, -0.2) is 9.59 Å². The maximum absolute atomic E-state index is 12.2. The molecule has 2 rings (SSSR count). The second kappa shape index (κ2) is 7.40. The Morgan fingerprint density at radius 1 is 1.17 bits per heavy atom. The monoisotopic (exact) mass is 329 g/mol. The molecule has 8 nitrogen and oxygen atoms in total. The van der Waals surface area contributed by atoms with Crippen LogP contribution in [0.15, 0.2) is 29.4 Å². The van der Waals surface area contributed by atoms with Gasteiger partial charge in [0, 0.05) is 11.1 Å². The molecular weight excluding hydrogens is 314 g/mol. The fraction of sp³-hybridized carbons (Fsp3) is 0.250. The minimum atomic E-state index is -0.758. The Hall–Kier alpha value is -3.16. The van der Waals surface area contributed by atoms with Gasteiger partial charge in [0.05, 0.1) is 25.0 Å². The van der Waals surface area contributed by atoms with Crippen LogP contribution in [0.2, 0.25) is 0 Å². The lowest BCUT2D eigenvalue weighted by molar-refractivity contribution is 0.0519. The third-order valence-electron chi connectivity index (χ3n) is 3.28. The second-order valence-electron chi connectivity index (χ2n) is 4.70. The first-order chi connectivity index (χ1) is 11.5. The highest BCUT2D eigenvalue weighted by molar-refractivity contribution is 6.06. The van der Waals surface area contributed by atoms with Gasteiger partial charge in [0.15, 0.2) is 5.69 Å². The molecule has 124 valence electrons. The number of nitrogens with zero attached hydrogens (tertiary/aromatic N) is 3. The number of ether oxygens (including phenoxy) is 2. The molecule has 0 amide bonds. The van der Waals surface area contributed by atoms with Gasteiger partial charge in [-0.1, -0.05) is 18.2 Å². The number of aromatic nitrogens is 2. The molecule has 0 aliphatic rings. The summed E-state index contributed by atoms with van der Waals surface area (Å²) in [5, 5.41) is 10.6. The second-order valence-corrected chi connectivity index (χ2v) is 4.70. The van der Waals surface area contributed by atoms with E-state index in [1.807, 2.05) is 0 Å². The van der Waals surface area contributed by atoms with Crippen LogP contribution in [0.1, 0.15) is 33.5 Å². The zero-order valence-electron chi connectivity index (χ0n) is 13.4.